The van der Waals surface area contributed by atoms with Crippen molar-refractivity contribution >= 4 is 0 Å². The first-order valence-corrected chi connectivity index (χ1v) is 43.4. The van der Waals surface area contributed by atoms with E-state index in [0.717, 1.165) is 89.5 Å². The van der Waals surface area contributed by atoms with Crippen LogP contribution in [0.4, 0.5) is 0 Å². The Morgan fingerprint density at radius 1 is 0.206 bits per heavy atom. The summed E-state index contributed by atoms with van der Waals surface area (Å²) in [6, 6.07) is 142. The smallest absolute Gasteiger partial charge is 0.460 e. The first-order valence-electron chi connectivity index (χ1n) is 45.4. The molecule has 0 saturated carbocycles. The average Bonchev–Trinajstić information content (AvgIpc) is 1.58. The molecule has 20 aromatic rings. The van der Waals surface area contributed by atoms with Gasteiger partial charge in [-0.05, 0) is 123 Å². The van der Waals surface area contributed by atoms with Gasteiger partial charge >= 0.3 is 84.3 Å². The Kier molecular flexibility index (Phi) is 26.6. The van der Waals surface area contributed by atoms with Crippen molar-refractivity contribution in [2.24, 2.45) is 0 Å². The van der Waals surface area contributed by atoms with Crippen LogP contribution in [-0.4, -0.2) is 39.9 Å². The first-order chi connectivity index (χ1) is 66.5. The fraction of sp³-hybridized carbons (Fsp3) is 0.0667. The minimum Gasteiger partial charge on any atom is -0.460 e. The number of ether oxygens (including phenoxy) is 4. The van der Waals surface area contributed by atoms with Crippen LogP contribution >= 0.6 is 0 Å². The number of rotatable bonds is 16. The zero-order valence-electron chi connectivity index (χ0n) is 77.4. The molecule has 8 aromatic heterocycles. The van der Waals surface area contributed by atoms with Crippen LogP contribution in [0, 0.1) is 48.5 Å². The maximum Gasteiger partial charge on any atom is 2.00 e. The van der Waals surface area contributed by atoms with Crippen molar-refractivity contribution in [3.05, 3.63) is 529 Å². The van der Waals surface area contributed by atoms with Gasteiger partial charge in [-0.1, -0.05) is 190 Å². The summed E-state index contributed by atoms with van der Waals surface area (Å²) >= 11 is 0. The number of aromatic nitrogens is 8. The van der Waals surface area contributed by atoms with Gasteiger partial charge in [0, 0.05) is 118 Å². The van der Waals surface area contributed by atoms with Crippen molar-refractivity contribution in [2.45, 2.75) is 49.4 Å². The quantitative estimate of drug-likeness (QED) is 0.0851. The molecule has 0 amide bonds. The Hall–Kier alpha value is -14.2. The van der Waals surface area contributed by atoms with E-state index in [1.165, 1.54) is 73.0 Å². The zero-order chi connectivity index (χ0) is 92.5. The number of hydrogen-bond acceptors (Lipinski definition) is 12. The van der Waals surface area contributed by atoms with Crippen molar-refractivity contribution in [1.82, 2.24) is 39.9 Å². The zero-order valence-corrected chi connectivity index (χ0v) is 82.5. The minimum atomic E-state index is -0.411. The van der Waals surface area contributed by atoms with E-state index < -0.39 is 21.7 Å². The van der Waals surface area contributed by atoms with Crippen LogP contribution in [-0.2, 0) is 106 Å². The Morgan fingerprint density at radius 2 is 0.485 bits per heavy atom. The van der Waals surface area contributed by atoms with Gasteiger partial charge in [0.1, 0.15) is 0 Å². The molecule has 0 aliphatic heterocycles. The predicted octanol–water partition coefficient (Wildman–Crippen LogP) is 27.5. The molecule has 12 nitrogen and oxygen atoms in total. The molecule has 0 saturated heterocycles. The van der Waals surface area contributed by atoms with E-state index in [1.807, 2.05) is 146 Å². The fourth-order valence-corrected chi connectivity index (χ4v) is 18.5. The monoisotopic (exact) mass is 2480 g/mol. The van der Waals surface area contributed by atoms with Gasteiger partial charge in [-0.15, -0.1) is 95.1 Å². The maximum atomic E-state index is 8.00. The summed E-state index contributed by atoms with van der Waals surface area (Å²) in [6.45, 7) is 8.90. The molecule has 4 atom stereocenters. The molecule has 16 heteroatoms. The van der Waals surface area contributed by atoms with Gasteiger partial charge in [0.2, 0.25) is 23.5 Å². The largest absolute Gasteiger partial charge is 2.00 e. The Morgan fingerprint density at radius 3 is 0.809 bits per heavy atom. The van der Waals surface area contributed by atoms with E-state index in [4.69, 9.17) is 44.4 Å². The summed E-state index contributed by atoms with van der Waals surface area (Å²) in [5.41, 5.74) is 28.5. The fourth-order valence-electron chi connectivity index (χ4n) is 18.5. The molecule has 664 valence electrons. The van der Waals surface area contributed by atoms with Crippen LogP contribution in [0.5, 0.6) is 46.5 Å². The molecular formula is C120H80N8O4Pt4. The summed E-state index contributed by atoms with van der Waals surface area (Å²) in [5.74, 6) is 3.59. The van der Waals surface area contributed by atoms with Crippen molar-refractivity contribution in [1.29, 1.82) is 0 Å². The number of nitrogens with zero attached hydrogens (tertiary/aromatic N) is 8. The van der Waals surface area contributed by atoms with E-state index >= 15 is 0 Å². The van der Waals surface area contributed by atoms with Gasteiger partial charge in [0.05, 0.1) is 28.3 Å². The summed E-state index contributed by atoms with van der Waals surface area (Å²) in [7, 11) is 0. The number of hydrogen-bond donors (Lipinski definition) is 0. The van der Waals surface area contributed by atoms with E-state index in [0.29, 0.717) is 52.7 Å². The van der Waals surface area contributed by atoms with Gasteiger partial charge in [-0.2, -0.15) is 97.1 Å². The Labute approximate surface area is 855 Å². The first kappa shape index (κ1) is 88.4. The molecule has 0 bridgehead atoms. The Bertz CT molecular complexity index is 7690. The number of pyridine rings is 8. The van der Waals surface area contributed by atoms with Gasteiger partial charge in [-0.25, -0.2) is 64.4 Å². The summed E-state index contributed by atoms with van der Waals surface area (Å²) < 4.78 is 54.5. The maximum absolute atomic E-state index is 8.00. The van der Waals surface area contributed by atoms with Crippen LogP contribution < -0.4 is 18.9 Å². The number of benzene rings is 12. The molecule has 8 heterocycles. The third kappa shape index (κ3) is 18.1. The van der Waals surface area contributed by atoms with Crippen molar-refractivity contribution in [3.63, 3.8) is 0 Å². The molecule has 0 fully saturated rings. The topological polar surface area (TPSA) is 140 Å². The molecule has 12 aromatic carbocycles. The predicted molar refractivity (Wildman–Crippen MR) is 516 cm³/mol. The molecule has 0 N–H and O–H groups in total. The van der Waals surface area contributed by atoms with E-state index in [-0.39, 0.29) is 102 Å². The minimum absolute atomic E-state index is 0. The molecular weight excluding hydrogens is 2400 g/mol. The standard InChI is InChI=1S/4C30H20N2O.4Pt/c4*1-30(28-13-4-6-17-31-28)26-12-3-2-11-24(26)25-16-15-22(20-27(25)30)21-9-8-10-23(19-21)33-29-14-5-7-18-32-29;;;;/h4*2-18H,1H3;;;;/q4*-2;4*+2/i18D;14D;7D;5D;;;;. The van der Waals surface area contributed by atoms with Gasteiger partial charge in [-0.3, -0.25) is 19.9 Å². The van der Waals surface area contributed by atoms with Crippen LogP contribution in [0.2, 0.25) is 0 Å². The third-order valence-electron chi connectivity index (χ3n) is 24.9. The second kappa shape index (κ2) is 40.9. The van der Waals surface area contributed by atoms with Crippen molar-refractivity contribution in [3.8, 4) is 136 Å². The average molecular weight is 2480 g/mol. The van der Waals surface area contributed by atoms with E-state index in [9.17, 15) is 0 Å². The molecule has 4 aliphatic rings. The SMILES string of the molecule is [2H]c1ccc(Oc2[c-]c(-c3[c-]c4c(cc3)-c3ccccc3C4(C)c3ccccn3)ccc2)nc1.[2H]c1cccc(Oc2[c-]c(-c3[c-]c4c(cc3)-c3ccccc3C4(C)c3ccccn3)ccc2)n1.[2H]c1cccnc1Oc1[c-]c(-c2[c-]c3c(cc2)-c2ccccc2C3(C)c2ccccn2)ccc1.[2H]c1ccnc(Oc2[c-]c(-c3[c-]c4c(cc3)-c3ccccc3C4(C)c3ccccn3)ccc2)c1.[Pt+2].[Pt+2].[Pt+2].[Pt+2]. The Balaban J connectivity index is 0.000000128. The van der Waals surface area contributed by atoms with Crippen LogP contribution in [0.25, 0.3) is 89.0 Å². The molecule has 0 radical (unpaired) electrons. The van der Waals surface area contributed by atoms with Gasteiger partial charge < -0.3 is 18.9 Å². The normalized spacial score (nSPS) is 16.1. The van der Waals surface area contributed by atoms with E-state index in [2.05, 4.69) is 266 Å². The van der Waals surface area contributed by atoms with E-state index in [1.54, 1.807) is 67.0 Å². The molecule has 24 rings (SSSR count). The van der Waals surface area contributed by atoms with Crippen LogP contribution in [0.3, 0.4) is 0 Å². The molecule has 136 heavy (non-hydrogen) atoms. The second-order valence-electron chi connectivity index (χ2n) is 32.7. The third-order valence-corrected chi connectivity index (χ3v) is 24.9. The summed E-state index contributed by atoms with van der Waals surface area (Å²) in [6.07, 6.45) is 12.2. The van der Waals surface area contributed by atoms with Crippen LogP contribution in [0.1, 0.15) is 100 Å². The molecule has 4 unspecified atom stereocenters. The second-order valence-corrected chi connectivity index (χ2v) is 32.7. The summed E-state index contributed by atoms with van der Waals surface area (Å²) in [5, 5.41) is 0. The van der Waals surface area contributed by atoms with Crippen LogP contribution in [0.15, 0.2) is 413 Å². The number of fused-ring (bicyclic) bond motifs is 12. The van der Waals surface area contributed by atoms with Crippen molar-refractivity contribution < 1.29 is 109 Å². The molecule has 0 spiro atoms. The molecule has 4 aliphatic carbocycles. The van der Waals surface area contributed by atoms with Crippen molar-refractivity contribution in [2.75, 3.05) is 0 Å². The van der Waals surface area contributed by atoms with Gasteiger partial charge in [0.15, 0.2) is 0 Å². The van der Waals surface area contributed by atoms with Gasteiger partial charge in [0.25, 0.3) is 0 Å². The summed E-state index contributed by atoms with van der Waals surface area (Å²) in [4.78, 5) is 35.5.